The number of hydrogen-bond acceptors (Lipinski definition) is 5. The van der Waals surface area contributed by atoms with Crippen LogP contribution < -0.4 is 14.2 Å². The quantitative estimate of drug-likeness (QED) is 0.381. The molecule has 0 aromatic heterocycles. The van der Waals surface area contributed by atoms with Gasteiger partial charge in [-0.15, -0.1) is 5.10 Å². The van der Waals surface area contributed by atoms with Gasteiger partial charge in [-0.25, -0.2) is 0 Å². The van der Waals surface area contributed by atoms with Crippen LogP contribution in [0.2, 0.25) is 0 Å². The fourth-order valence-electron chi connectivity index (χ4n) is 3.43. The Kier molecular flexibility index (Phi) is 4.81. The monoisotopic (exact) mass is 372 g/mol. The molecule has 140 valence electrons. The highest BCUT2D eigenvalue weighted by Crippen LogP contribution is 2.38. The molecule has 1 aliphatic rings. The second kappa shape index (κ2) is 7.56. The highest BCUT2D eigenvalue weighted by Gasteiger charge is 2.23. The van der Waals surface area contributed by atoms with Gasteiger partial charge in [0.05, 0.1) is 27.5 Å². The zero-order valence-corrected chi connectivity index (χ0v) is 16.0. The van der Waals surface area contributed by atoms with Gasteiger partial charge in [0.25, 0.3) is 0 Å². The van der Waals surface area contributed by atoms with Crippen molar-refractivity contribution >= 4 is 11.9 Å². The SMILES string of the molecule is COc1cc(C=NN=C2c3ccccc3-c3ccccc32)cc(OC)c1OC. The average Bonchev–Trinajstić information content (AvgIpc) is 3.07. The Labute approximate surface area is 163 Å². The molecule has 0 saturated heterocycles. The van der Waals surface area contributed by atoms with Crippen LogP contribution >= 0.6 is 0 Å². The second-order valence-corrected chi connectivity index (χ2v) is 6.24. The third-order valence-corrected chi connectivity index (χ3v) is 4.71. The minimum atomic E-state index is 0.548. The average molecular weight is 372 g/mol. The van der Waals surface area contributed by atoms with Gasteiger partial charge in [-0.05, 0) is 23.3 Å². The first-order chi connectivity index (χ1) is 13.8. The van der Waals surface area contributed by atoms with Crippen molar-refractivity contribution in [1.29, 1.82) is 0 Å². The molecule has 0 spiro atoms. The largest absolute Gasteiger partial charge is 0.493 e. The molecule has 5 heteroatoms. The summed E-state index contributed by atoms with van der Waals surface area (Å²) in [6.07, 6.45) is 1.68. The van der Waals surface area contributed by atoms with Crippen molar-refractivity contribution in [3.8, 4) is 28.4 Å². The van der Waals surface area contributed by atoms with E-state index in [0.29, 0.717) is 17.2 Å². The summed E-state index contributed by atoms with van der Waals surface area (Å²) >= 11 is 0. The summed E-state index contributed by atoms with van der Waals surface area (Å²) in [6, 6.07) is 20.1. The molecule has 4 rings (SSSR count). The molecule has 0 radical (unpaired) electrons. The molecule has 0 saturated carbocycles. The molecule has 5 nitrogen and oxygen atoms in total. The van der Waals surface area contributed by atoms with E-state index in [1.165, 1.54) is 11.1 Å². The van der Waals surface area contributed by atoms with E-state index in [2.05, 4.69) is 34.5 Å². The molecule has 1 aliphatic carbocycles. The van der Waals surface area contributed by atoms with E-state index in [9.17, 15) is 0 Å². The van der Waals surface area contributed by atoms with Crippen LogP contribution in [-0.4, -0.2) is 33.3 Å². The summed E-state index contributed by atoms with van der Waals surface area (Å²) in [5, 5.41) is 8.87. The van der Waals surface area contributed by atoms with E-state index in [4.69, 9.17) is 14.2 Å². The zero-order valence-electron chi connectivity index (χ0n) is 16.0. The molecule has 0 N–H and O–H groups in total. The fraction of sp³-hybridized carbons (Fsp3) is 0.130. The second-order valence-electron chi connectivity index (χ2n) is 6.24. The van der Waals surface area contributed by atoms with Crippen LogP contribution in [0.1, 0.15) is 16.7 Å². The summed E-state index contributed by atoms with van der Waals surface area (Å²) in [4.78, 5) is 0. The third-order valence-electron chi connectivity index (χ3n) is 4.71. The van der Waals surface area contributed by atoms with Gasteiger partial charge < -0.3 is 14.2 Å². The maximum atomic E-state index is 5.39. The fourth-order valence-corrected chi connectivity index (χ4v) is 3.43. The van der Waals surface area contributed by atoms with E-state index in [-0.39, 0.29) is 0 Å². The highest BCUT2D eigenvalue weighted by molar-refractivity contribution is 6.24. The van der Waals surface area contributed by atoms with Gasteiger partial charge in [0.15, 0.2) is 11.5 Å². The number of ether oxygens (including phenoxy) is 3. The van der Waals surface area contributed by atoms with Gasteiger partial charge in [-0.1, -0.05) is 48.5 Å². The van der Waals surface area contributed by atoms with Crippen LogP contribution in [0.15, 0.2) is 70.9 Å². The molecule has 0 aliphatic heterocycles. The maximum absolute atomic E-state index is 5.39. The lowest BCUT2D eigenvalue weighted by atomic mass is 10.1. The zero-order chi connectivity index (χ0) is 19.5. The molecule has 0 atom stereocenters. The van der Waals surface area contributed by atoms with E-state index >= 15 is 0 Å². The minimum Gasteiger partial charge on any atom is -0.493 e. The standard InChI is InChI=1S/C23H20N2O3/c1-26-20-12-15(13-21(27-2)23(20)28-3)14-24-25-22-18-10-6-4-8-16(18)17-9-5-7-11-19(17)22/h4-14H,1-3H3. The Morgan fingerprint density at radius 3 is 1.64 bits per heavy atom. The lowest BCUT2D eigenvalue weighted by Crippen LogP contribution is -1.98. The number of benzene rings is 3. The lowest BCUT2D eigenvalue weighted by molar-refractivity contribution is 0.324. The Morgan fingerprint density at radius 1 is 0.679 bits per heavy atom. The third kappa shape index (κ3) is 3.01. The smallest absolute Gasteiger partial charge is 0.203 e. The summed E-state index contributed by atoms with van der Waals surface area (Å²) in [5.41, 5.74) is 6.21. The van der Waals surface area contributed by atoms with E-state index < -0.39 is 0 Å². The summed E-state index contributed by atoms with van der Waals surface area (Å²) in [6.45, 7) is 0. The highest BCUT2D eigenvalue weighted by atomic mass is 16.5. The van der Waals surface area contributed by atoms with E-state index in [1.807, 2.05) is 36.4 Å². The van der Waals surface area contributed by atoms with Gasteiger partial charge in [-0.3, -0.25) is 0 Å². The van der Waals surface area contributed by atoms with Crippen molar-refractivity contribution in [2.75, 3.05) is 21.3 Å². The van der Waals surface area contributed by atoms with Crippen molar-refractivity contribution in [2.45, 2.75) is 0 Å². The predicted octanol–water partition coefficient (Wildman–Crippen LogP) is 4.56. The normalized spacial score (nSPS) is 11.9. The lowest BCUT2D eigenvalue weighted by Gasteiger charge is -2.12. The molecule has 28 heavy (non-hydrogen) atoms. The molecular formula is C23H20N2O3. The number of nitrogens with zero attached hydrogens (tertiary/aromatic N) is 2. The number of hydrogen-bond donors (Lipinski definition) is 0. The van der Waals surface area contributed by atoms with Gasteiger partial charge in [-0.2, -0.15) is 5.10 Å². The number of fused-ring (bicyclic) bond motifs is 3. The van der Waals surface area contributed by atoms with Crippen LogP contribution in [-0.2, 0) is 0 Å². The summed E-state index contributed by atoms with van der Waals surface area (Å²) in [7, 11) is 4.75. The van der Waals surface area contributed by atoms with Gasteiger partial charge in [0.1, 0.15) is 5.71 Å². The molecule has 0 heterocycles. The first kappa shape index (κ1) is 17.8. The van der Waals surface area contributed by atoms with Gasteiger partial charge >= 0.3 is 0 Å². The molecule has 0 amide bonds. The first-order valence-corrected chi connectivity index (χ1v) is 8.87. The van der Waals surface area contributed by atoms with Crippen LogP contribution in [0.4, 0.5) is 0 Å². The van der Waals surface area contributed by atoms with Crippen LogP contribution in [0.3, 0.4) is 0 Å². The van der Waals surface area contributed by atoms with Crippen LogP contribution in [0.5, 0.6) is 17.2 Å². The molecule has 3 aromatic carbocycles. The predicted molar refractivity (Wildman–Crippen MR) is 111 cm³/mol. The Morgan fingerprint density at radius 2 is 1.18 bits per heavy atom. The van der Waals surface area contributed by atoms with Gasteiger partial charge in [0.2, 0.25) is 5.75 Å². The Bertz CT molecular complexity index is 1010. The summed E-state index contributed by atoms with van der Waals surface area (Å²) in [5.74, 6) is 1.70. The van der Waals surface area contributed by atoms with Crippen molar-refractivity contribution in [1.82, 2.24) is 0 Å². The van der Waals surface area contributed by atoms with Crippen molar-refractivity contribution in [3.05, 3.63) is 77.4 Å². The Hall–Kier alpha value is -3.60. The maximum Gasteiger partial charge on any atom is 0.203 e. The van der Waals surface area contributed by atoms with Crippen LogP contribution in [0.25, 0.3) is 11.1 Å². The molecule has 3 aromatic rings. The van der Waals surface area contributed by atoms with E-state index in [0.717, 1.165) is 22.4 Å². The van der Waals surface area contributed by atoms with Crippen molar-refractivity contribution < 1.29 is 14.2 Å². The molecule has 0 bridgehead atoms. The van der Waals surface area contributed by atoms with E-state index in [1.54, 1.807) is 27.5 Å². The first-order valence-electron chi connectivity index (χ1n) is 8.87. The molecule has 0 fully saturated rings. The topological polar surface area (TPSA) is 52.4 Å². The molecular weight excluding hydrogens is 352 g/mol. The van der Waals surface area contributed by atoms with Crippen LogP contribution in [0, 0.1) is 0 Å². The summed E-state index contributed by atoms with van der Waals surface area (Å²) < 4.78 is 16.1. The number of methoxy groups -OCH3 is 3. The van der Waals surface area contributed by atoms with Crippen molar-refractivity contribution in [2.24, 2.45) is 10.2 Å². The van der Waals surface area contributed by atoms with Gasteiger partial charge in [0, 0.05) is 16.7 Å². The number of rotatable bonds is 5. The van der Waals surface area contributed by atoms with Crippen molar-refractivity contribution in [3.63, 3.8) is 0 Å². The Balaban J connectivity index is 1.73. The minimum absolute atomic E-state index is 0.548. The molecule has 0 unspecified atom stereocenters.